The number of amidine groups is 2. The average Bonchev–Trinajstić information content (AvgIpc) is 3.42. The fourth-order valence-corrected chi connectivity index (χ4v) is 7.38. The molecule has 0 spiro atoms. The van der Waals surface area contributed by atoms with Gasteiger partial charge in [-0.15, -0.1) is 0 Å². The number of carbonyl (C=O) groups excluding carboxylic acids is 2. The predicted molar refractivity (Wildman–Crippen MR) is 168 cm³/mol. The molecule has 0 N–H and O–H groups in total. The Hall–Kier alpha value is -3.71. The smallest absolute Gasteiger partial charge is 0.314 e. The number of amides is 1. The number of aliphatic imine (C=N–C) groups is 2. The highest BCUT2D eigenvalue weighted by Gasteiger charge is 2.39. The van der Waals surface area contributed by atoms with Gasteiger partial charge in [0.15, 0.2) is 0 Å². The number of likely N-dealkylation sites (N-methyl/N-ethyl adjacent to an activating group) is 1. The second-order valence-corrected chi connectivity index (χ2v) is 12.5. The maximum atomic E-state index is 12.6. The number of nitriles is 1. The zero-order valence-electron chi connectivity index (χ0n) is 25.8. The van der Waals surface area contributed by atoms with E-state index in [4.69, 9.17) is 14.7 Å². The number of ether oxygens (including phenoxy) is 1. The van der Waals surface area contributed by atoms with E-state index in [-0.39, 0.29) is 30.3 Å². The fourth-order valence-electron chi connectivity index (χ4n) is 7.38. The number of fused-ring (bicyclic) bond motifs is 1. The molecule has 0 saturated carbocycles. The molecule has 230 valence electrons. The Kier molecular flexibility index (Phi) is 9.81. The largest absolute Gasteiger partial charge is 0.462 e. The van der Waals surface area contributed by atoms with Crippen LogP contribution in [-0.4, -0.2) is 110 Å². The molecule has 4 heterocycles. The van der Waals surface area contributed by atoms with E-state index < -0.39 is 6.04 Å². The number of benzene rings is 1. The van der Waals surface area contributed by atoms with Crippen molar-refractivity contribution < 1.29 is 14.3 Å². The normalized spacial score (nSPS) is 27.6. The van der Waals surface area contributed by atoms with Gasteiger partial charge in [0.05, 0.1) is 18.5 Å². The zero-order chi connectivity index (χ0) is 30.5. The first-order valence-corrected chi connectivity index (χ1v) is 15.6. The molecule has 5 atom stereocenters. The highest BCUT2D eigenvalue weighted by atomic mass is 16.5. The predicted octanol–water partition coefficient (Wildman–Crippen LogP) is 3.06. The summed E-state index contributed by atoms with van der Waals surface area (Å²) in [5.74, 6) is 0.861. The van der Waals surface area contributed by atoms with Gasteiger partial charge in [-0.25, -0.2) is 4.99 Å². The van der Waals surface area contributed by atoms with Crippen LogP contribution in [-0.2, 0) is 20.7 Å². The number of aryl methyl sites for hydroxylation is 1. The van der Waals surface area contributed by atoms with Crippen molar-refractivity contribution in [3.05, 3.63) is 42.0 Å². The molecule has 2 fully saturated rings. The lowest BCUT2D eigenvalue weighted by molar-refractivity contribution is -0.130. The minimum absolute atomic E-state index is 0.170. The van der Waals surface area contributed by atoms with E-state index in [0.717, 1.165) is 57.3 Å². The Morgan fingerprint density at radius 2 is 2.02 bits per heavy atom. The van der Waals surface area contributed by atoms with Gasteiger partial charge in [-0.3, -0.25) is 4.79 Å². The second-order valence-electron chi connectivity index (χ2n) is 12.5. The number of para-hydroxylation sites is 1. The molecule has 4 aliphatic heterocycles. The van der Waals surface area contributed by atoms with E-state index in [1.165, 1.54) is 22.9 Å². The van der Waals surface area contributed by atoms with Crippen LogP contribution in [0.5, 0.6) is 0 Å². The third-order valence-corrected chi connectivity index (χ3v) is 9.65. The zero-order valence-corrected chi connectivity index (χ0v) is 25.8. The topological polar surface area (TPSA) is 105 Å². The summed E-state index contributed by atoms with van der Waals surface area (Å²) in [7, 11) is 4.26. The second kappa shape index (κ2) is 13.7. The number of likely N-dealkylation sites (tertiary alicyclic amines) is 1. The summed E-state index contributed by atoms with van der Waals surface area (Å²) in [6.07, 6.45) is 7.35. The number of piperazine rings is 1. The van der Waals surface area contributed by atoms with Gasteiger partial charge < -0.3 is 29.1 Å². The quantitative estimate of drug-likeness (QED) is 0.340. The molecule has 4 unspecified atom stereocenters. The Balaban J connectivity index is 1.36. The summed E-state index contributed by atoms with van der Waals surface area (Å²) in [6.45, 7) is 9.77. The first kappa shape index (κ1) is 30.7. The SMILES string of the molecule is C=CC(=O)N1CCN(C2=NC(OCC3CCCN3C)=NC(C=O)C2CC[C@@H]2Cc3cccc(C)c3N(C)C2)CC1CC#N. The minimum Gasteiger partial charge on any atom is -0.462 e. The highest BCUT2D eigenvalue weighted by molar-refractivity contribution is 6.00. The highest BCUT2D eigenvalue weighted by Crippen LogP contribution is 2.35. The molecule has 0 aliphatic carbocycles. The molecule has 2 saturated heterocycles. The van der Waals surface area contributed by atoms with Gasteiger partial charge in [0.1, 0.15) is 24.8 Å². The van der Waals surface area contributed by atoms with Crippen LogP contribution in [0.2, 0.25) is 0 Å². The van der Waals surface area contributed by atoms with Gasteiger partial charge in [0, 0.05) is 50.9 Å². The summed E-state index contributed by atoms with van der Waals surface area (Å²) >= 11 is 0. The van der Waals surface area contributed by atoms with Gasteiger partial charge in [0.2, 0.25) is 5.91 Å². The number of nitrogens with zero attached hydrogens (tertiary/aromatic N) is 7. The molecule has 0 radical (unpaired) electrons. The van der Waals surface area contributed by atoms with Crippen molar-refractivity contribution in [2.45, 2.75) is 63.6 Å². The molecular weight excluding hydrogens is 542 g/mol. The molecule has 0 bridgehead atoms. The van der Waals surface area contributed by atoms with Crippen molar-refractivity contribution in [2.75, 3.05) is 58.3 Å². The van der Waals surface area contributed by atoms with Crippen molar-refractivity contribution >= 4 is 29.7 Å². The van der Waals surface area contributed by atoms with Gasteiger partial charge in [-0.05, 0) is 75.7 Å². The Morgan fingerprint density at radius 1 is 1.19 bits per heavy atom. The number of carbonyl (C=O) groups is 2. The van der Waals surface area contributed by atoms with Crippen LogP contribution in [0, 0.1) is 30.1 Å². The lowest BCUT2D eigenvalue weighted by Gasteiger charge is -2.44. The maximum absolute atomic E-state index is 12.6. The first-order chi connectivity index (χ1) is 20.8. The van der Waals surface area contributed by atoms with Gasteiger partial charge >= 0.3 is 6.02 Å². The standard InChI is InChI=1S/C33H45N7O3/c1-5-30(42)40-17-16-39(20-26(40)13-14-34)32-28(12-11-24-18-25-9-6-8-23(2)31(25)38(4)19-24)29(21-41)35-33(36-32)43-22-27-10-7-15-37(27)3/h5-6,8-9,21,24,26-29H,1,7,10-13,15-20,22H2,2-4H3/t24-,26?,27?,28?,29?/m1/s1. The van der Waals surface area contributed by atoms with Crippen molar-refractivity contribution in [1.82, 2.24) is 14.7 Å². The Morgan fingerprint density at radius 3 is 2.74 bits per heavy atom. The molecule has 43 heavy (non-hydrogen) atoms. The van der Waals surface area contributed by atoms with Crippen LogP contribution < -0.4 is 4.90 Å². The average molecular weight is 588 g/mol. The Labute approximate surface area is 255 Å². The molecule has 1 amide bonds. The summed E-state index contributed by atoms with van der Waals surface area (Å²) in [5, 5.41) is 9.54. The fraction of sp³-hybridized carbons (Fsp3) is 0.606. The number of aldehydes is 1. The molecule has 1 aromatic rings. The van der Waals surface area contributed by atoms with Crippen LogP contribution >= 0.6 is 0 Å². The number of hydrogen-bond donors (Lipinski definition) is 0. The van der Waals surface area contributed by atoms with Gasteiger partial charge in [-0.1, -0.05) is 24.8 Å². The summed E-state index contributed by atoms with van der Waals surface area (Å²) < 4.78 is 6.15. The van der Waals surface area contributed by atoms with Crippen molar-refractivity contribution in [3.8, 4) is 6.07 Å². The van der Waals surface area contributed by atoms with Crippen LogP contribution in [0.15, 0.2) is 40.8 Å². The summed E-state index contributed by atoms with van der Waals surface area (Å²) in [6, 6.07) is 8.44. The molecule has 10 nitrogen and oxygen atoms in total. The van der Waals surface area contributed by atoms with Crippen molar-refractivity contribution in [1.29, 1.82) is 5.26 Å². The number of rotatable bonds is 8. The third kappa shape index (κ3) is 6.77. The van der Waals surface area contributed by atoms with Crippen molar-refractivity contribution in [2.24, 2.45) is 21.8 Å². The molecular formula is C33H45N7O3. The molecule has 0 aromatic heterocycles. The number of anilines is 1. The minimum atomic E-state index is -0.595. The van der Waals surface area contributed by atoms with Crippen LogP contribution in [0.25, 0.3) is 0 Å². The third-order valence-electron chi connectivity index (χ3n) is 9.65. The molecule has 10 heteroatoms. The van der Waals surface area contributed by atoms with E-state index in [0.29, 0.717) is 38.2 Å². The summed E-state index contributed by atoms with van der Waals surface area (Å²) in [4.78, 5) is 43.3. The van der Waals surface area contributed by atoms with E-state index in [1.54, 1.807) is 4.90 Å². The molecule has 5 rings (SSSR count). The van der Waals surface area contributed by atoms with Crippen molar-refractivity contribution in [3.63, 3.8) is 0 Å². The van der Waals surface area contributed by atoms with E-state index >= 15 is 0 Å². The van der Waals surface area contributed by atoms with Gasteiger partial charge in [0.25, 0.3) is 0 Å². The number of hydrogen-bond acceptors (Lipinski definition) is 9. The van der Waals surface area contributed by atoms with Crippen LogP contribution in [0.1, 0.15) is 43.2 Å². The van der Waals surface area contributed by atoms with E-state index in [9.17, 15) is 14.9 Å². The molecule has 1 aromatic carbocycles. The molecule has 4 aliphatic rings. The summed E-state index contributed by atoms with van der Waals surface area (Å²) in [5.41, 5.74) is 4.00. The van der Waals surface area contributed by atoms with E-state index in [2.05, 4.69) is 66.6 Å². The first-order valence-electron chi connectivity index (χ1n) is 15.6. The van der Waals surface area contributed by atoms with Crippen LogP contribution in [0.3, 0.4) is 0 Å². The monoisotopic (exact) mass is 587 g/mol. The Bertz CT molecular complexity index is 1300. The van der Waals surface area contributed by atoms with Crippen LogP contribution in [0.4, 0.5) is 5.69 Å². The lowest BCUT2D eigenvalue weighted by Crippen LogP contribution is -2.58. The lowest BCUT2D eigenvalue weighted by atomic mass is 9.83. The van der Waals surface area contributed by atoms with E-state index in [1.807, 2.05) is 0 Å². The maximum Gasteiger partial charge on any atom is 0.314 e. The van der Waals surface area contributed by atoms with Gasteiger partial charge in [-0.2, -0.15) is 10.3 Å².